The van der Waals surface area contributed by atoms with Crippen LogP contribution >= 0.6 is 0 Å². The van der Waals surface area contributed by atoms with Crippen molar-refractivity contribution < 1.29 is 35.9 Å². The van der Waals surface area contributed by atoms with Crippen LogP contribution in [0.1, 0.15) is 28.8 Å². The van der Waals surface area contributed by atoms with Crippen molar-refractivity contribution in [1.29, 1.82) is 0 Å². The van der Waals surface area contributed by atoms with E-state index in [-0.39, 0.29) is 48.0 Å². The minimum Gasteiger partial charge on any atom is -0.478 e. The third-order valence-electron chi connectivity index (χ3n) is 5.69. The lowest BCUT2D eigenvalue weighted by Gasteiger charge is -2.28. The average Bonchev–Trinajstić information content (AvgIpc) is 2.76. The number of alkyl halides is 1. The van der Waals surface area contributed by atoms with Gasteiger partial charge in [-0.25, -0.2) is 35.8 Å². The number of fused-ring (bicyclic) bond motifs is 1. The first kappa shape index (κ1) is 23.1. The summed E-state index contributed by atoms with van der Waals surface area (Å²) in [6.07, 6.45) is -1.18. The SMILES string of the molecule is Cc1c(F)c(-c2c(F)cc(S(=O)(=O)N3CCC(F)CC3)cc2F)nc2cc(C(=O)O)ccc12. The minimum absolute atomic E-state index is 0.00321. The Kier molecular flexibility index (Phi) is 5.87. The number of carboxylic acids is 1. The Morgan fingerprint density at radius 3 is 2.27 bits per heavy atom. The first-order valence-electron chi connectivity index (χ1n) is 9.97. The number of aromatic nitrogens is 1. The molecule has 0 atom stereocenters. The number of aryl methyl sites for hydroxylation is 1. The number of carboxylic acid groups (broad SMARTS) is 1. The highest BCUT2D eigenvalue weighted by atomic mass is 32.2. The van der Waals surface area contributed by atoms with Crippen LogP contribution < -0.4 is 0 Å². The number of nitrogens with zero attached hydrogens (tertiary/aromatic N) is 2. The van der Waals surface area contributed by atoms with Crippen LogP contribution in [0.2, 0.25) is 0 Å². The number of rotatable bonds is 4. The van der Waals surface area contributed by atoms with Crippen molar-refractivity contribution in [3.63, 3.8) is 0 Å². The van der Waals surface area contributed by atoms with Crippen LogP contribution in [0.4, 0.5) is 17.6 Å². The van der Waals surface area contributed by atoms with E-state index >= 15 is 4.39 Å². The third-order valence-corrected chi connectivity index (χ3v) is 7.57. The van der Waals surface area contributed by atoms with E-state index in [0.29, 0.717) is 12.1 Å². The van der Waals surface area contributed by atoms with Crippen LogP contribution in [0.15, 0.2) is 35.2 Å². The molecule has 0 unspecified atom stereocenters. The summed E-state index contributed by atoms with van der Waals surface area (Å²) in [5, 5.41) is 9.43. The number of pyridine rings is 1. The number of hydrogen-bond donors (Lipinski definition) is 1. The van der Waals surface area contributed by atoms with Gasteiger partial charge in [0.05, 0.1) is 21.5 Å². The standard InChI is InChI=1S/C22H18F4N2O4S/c1-11-15-3-2-12(22(29)30)8-18(15)27-21(20(11)26)19-16(24)9-14(10-17(19)25)33(31,32)28-6-4-13(23)5-7-28/h2-3,8-10,13H,4-7H2,1H3,(H,29,30). The maximum absolute atomic E-state index is 15.0. The fourth-order valence-electron chi connectivity index (χ4n) is 3.84. The molecule has 1 aliphatic heterocycles. The van der Waals surface area contributed by atoms with Crippen LogP contribution in [0.3, 0.4) is 0 Å². The highest BCUT2D eigenvalue weighted by Crippen LogP contribution is 2.34. The smallest absolute Gasteiger partial charge is 0.335 e. The lowest BCUT2D eigenvalue weighted by atomic mass is 10.0. The van der Waals surface area contributed by atoms with Gasteiger partial charge in [0.2, 0.25) is 10.0 Å². The van der Waals surface area contributed by atoms with E-state index in [2.05, 4.69) is 4.98 Å². The van der Waals surface area contributed by atoms with Crippen LogP contribution in [0, 0.1) is 24.4 Å². The summed E-state index contributed by atoms with van der Waals surface area (Å²) in [5.41, 5.74) is -1.73. The predicted octanol–water partition coefficient (Wildman–Crippen LogP) is 4.45. The Balaban J connectivity index is 1.83. The Hall–Kier alpha value is -3.05. The lowest BCUT2D eigenvalue weighted by Crippen LogP contribution is -2.39. The summed E-state index contributed by atoms with van der Waals surface area (Å²) in [6.45, 7) is 1.10. The summed E-state index contributed by atoms with van der Waals surface area (Å²) in [7, 11) is -4.29. The molecule has 0 spiro atoms. The molecule has 11 heteroatoms. The van der Waals surface area contributed by atoms with Gasteiger partial charge < -0.3 is 5.11 Å². The number of benzene rings is 2. The van der Waals surface area contributed by atoms with Crippen LogP contribution in [-0.4, -0.2) is 48.0 Å². The zero-order chi connectivity index (χ0) is 24.1. The first-order valence-corrected chi connectivity index (χ1v) is 11.4. The second kappa shape index (κ2) is 8.38. The monoisotopic (exact) mass is 482 g/mol. The number of sulfonamides is 1. The molecule has 0 bridgehead atoms. The summed E-state index contributed by atoms with van der Waals surface area (Å²) < 4.78 is 84.8. The van der Waals surface area contributed by atoms with Crippen LogP contribution in [0.5, 0.6) is 0 Å². The Morgan fingerprint density at radius 2 is 1.70 bits per heavy atom. The predicted molar refractivity (Wildman–Crippen MR) is 112 cm³/mol. The number of piperidine rings is 1. The van der Waals surface area contributed by atoms with Crippen molar-refractivity contribution in [2.75, 3.05) is 13.1 Å². The maximum atomic E-state index is 15.0. The Bertz CT molecular complexity index is 1360. The molecule has 2 heterocycles. The van der Waals surface area contributed by atoms with Crippen molar-refractivity contribution in [2.24, 2.45) is 0 Å². The number of hydrogen-bond acceptors (Lipinski definition) is 4. The molecule has 0 saturated carbocycles. The molecule has 1 fully saturated rings. The molecule has 1 aromatic heterocycles. The van der Waals surface area contributed by atoms with E-state index in [1.54, 1.807) is 0 Å². The van der Waals surface area contributed by atoms with Gasteiger partial charge in [0, 0.05) is 18.5 Å². The second-order valence-corrected chi connectivity index (χ2v) is 9.72. The topological polar surface area (TPSA) is 87.6 Å². The van der Waals surface area contributed by atoms with Gasteiger partial charge in [-0.1, -0.05) is 6.07 Å². The van der Waals surface area contributed by atoms with E-state index in [0.717, 1.165) is 10.4 Å². The second-order valence-electron chi connectivity index (χ2n) is 7.78. The van der Waals surface area contributed by atoms with Crippen molar-refractivity contribution in [2.45, 2.75) is 30.8 Å². The zero-order valence-electron chi connectivity index (χ0n) is 17.3. The van der Waals surface area contributed by atoms with Gasteiger partial charge in [-0.05, 0) is 49.6 Å². The summed E-state index contributed by atoms with van der Waals surface area (Å²) in [4.78, 5) is 14.5. The molecule has 3 aromatic rings. The van der Waals surface area contributed by atoms with Crippen molar-refractivity contribution in [3.05, 3.63) is 58.9 Å². The summed E-state index contributed by atoms with van der Waals surface area (Å²) >= 11 is 0. The minimum atomic E-state index is -4.29. The Morgan fingerprint density at radius 1 is 1.09 bits per heavy atom. The maximum Gasteiger partial charge on any atom is 0.335 e. The number of carbonyl (C=O) groups is 1. The van der Waals surface area contributed by atoms with Gasteiger partial charge in [-0.15, -0.1) is 0 Å². The molecule has 1 saturated heterocycles. The lowest BCUT2D eigenvalue weighted by molar-refractivity contribution is 0.0697. The molecule has 4 rings (SSSR count). The average molecular weight is 482 g/mol. The van der Waals surface area contributed by atoms with Crippen molar-refractivity contribution in [1.82, 2.24) is 9.29 Å². The zero-order valence-corrected chi connectivity index (χ0v) is 18.1. The molecule has 0 aliphatic carbocycles. The largest absolute Gasteiger partial charge is 0.478 e. The van der Waals surface area contributed by atoms with E-state index in [1.165, 1.54) is 19.1 Å². The summed E-state index contributed by atoms with van der Waals surface area (Å²) in [5.74, 6) is -4.99. The van der Waals surface area contributed by atoms with E-state index in [9.17, 15) is 26.4 Å². The normalized spacial score (nSPS) is 15.8. The van der Waals surface area contributed by atoms with Gasteiger partial charge in [0.25, 0.3) is 0 Å². The van der Waals surface area contributed by atoms with E-state index < -0.39 is 55.8 Å². The highest BCUT2D eigenvalue weighted by molar-refractivity contribution is 7.89. The van der Waals surface area contributed by atoms with Gasteiger partial charge >= 0.3 is 5.97 Å². The fourth-order valence-corrected chi connectivity index (χ4v) is 5.34. The van der Waals surface area contributed by atoms with Crippen LogP contribution in [0.25, 0.3) is 22.2 Å². The molecule has 0 radical (unpaired) electrons. The molecule has 6 nitrogen and oxygen atoms in total. The van der Waals surface area contributed by atoms with Crippen LogP contribution in [-0.2, 0) is 10.0 Å². The first-order chi connectivity index (χ1) is 15.5. The molecule has 1 aliphatic rings. The summed E-state index contributed by atoms with van der Waals surface area (Å²) in [6, 6.07) is 4.89. The fraction of sp³-hybridized carbons (Fsp3) is 0.273. The molecular formula is C22H18F4N2O4S. The van der Waals surface area contributed by atoms with Gasteiger partial charge in [0.15, 0.2) is 5.82 Å². The van der Waals surface area contributed by atoms with Crippen molar-refractivity contribution >= 4 is 26.9 Å². The molecule has 33 heavy (non-hydrogen) atoms. The van der Waals surface area contributed by atoms with Gasteiger partial charge in [-0.3, -0.25) is 0 Å². The third kappa shape index (κ3) is 4.06. The molecule has 0 amide bonds. The molecule has 174 valence electrons. The molecule has 1 N–H and O–H groups in total. The van der Waals surface area contributed by atoms with E-state index in [1.807, 2.05) is 0 Å². The molecular weight excluding hydrogens is 464 g/mol. The van der Waals surface area contributed by atoms with E-state index in [4.69, 9.17) is 5.11 Å². The molecule has 2 aromatic carbocycles. The number of halogens is 4. The number of aromatic carboxylic acids is 1. The highest BCUT2D eigenvalue weighted by Gasteiger charge is 2.31. The Labute approximate surface area is 186 Å². The quantitative estimate of drug-likeness (QED) is 0.556. The van der Waals surface area contributed by atoms with Crippen molar-refractivity contribution in [3.8, 4) is 11.3 Å². The van der Waals surface area contributed by atoms with Gasteiger partial charge in [0.1, 0.15) is 23.5 Å². The van der Waals surface area contributed by atoms with Gasteiger partial charge in [-0.2, -0.15) is 4.31 Å².